The number of anilines is 1. The van der Waals surface area contributed by atoms with Crippen molar-refractivity contribution in [2.75, 3.05) is 5.32 Å². The standard InChI is InChI=1S/C23H24N2O4S2/c26-17-5-1-14(11-17)12-20(22(27)25-23-24-9-10-30-23)16-4-8-21(19(13-16)15-2-3-15)31(28,29)18-6-7-18/h4,8-10,12-15,18H,1-3,5-7,11H2,(H,24,25,27)/b20-12+/t14-/m0/s1. The number of carbonyl (C=O) groups is 2. The predicted octanol–water partition coefficient (Wildman–Crippen LogP) is 4.35. The third-order valence-electron chi connectivity index (χ3n) is 6.19. The van der Waals surface area contributed by atoms with E-state index in [-0.39, 0.29) is 28.8 Å². The van der Waals surface area contributed by atoms with E-state index in [0.717, 1.165) is 37.7 Å². The van der Waals surface area contributed by atoms with Crippen molar-refractivity contribution >= 4 is 43.6 Å². The zero-order chi connectivity index (χ0) is 21.6. The van der Waals surface area contributed by atoms with Crippen LogP contribution in [0.3, 0.4) is 0 Å². The van der Waals surface area contributed by atoms with Crippen LogP contribution < -0.4 is 5.32 Å². The lowest BCUT2D eigenvalue weighted by atomic mass is 9.96. The van der Waals surface area contributed by atoms with Gasteiger partial charge in [-0.2, -0.15) is 0 Å². The van der Waals surface area contributed by atoms with Crippen molar-refractivity contribution in [3.05, 3.63) is 47.0 Å². The largest absolute Gasteiger partial charge is 0.300 e. The summed E-state index contributed by atoms with van der Waals surface area (Å²) in [4.78, 5) is 29.5. The Hall–Kier alpha value is -2.32. The minimum Gasteiger partial charge on any atom is -0.300 e. The number of hydrogen-bond donors (Lipinski definition) is 1. The van der Waals surface area contributed by atoms with Crippen LogP contribution in [0.5, 0.6) is 0 Å². The maximum atomic E-state index is 13.2. The number of Topliss-reactive ketones (excluding diaryl/α,β-unsaturated/α-hetero) is 1. The van der Waals surface area contributed by atoms with Gasteiger partial charge in [0.15, 0.2) is 15.0 Å². The van der Waals surface area contributed by atoms with Crippen LogP contribution in [0.4, 0.5) is 5.13 Å². The van der Waals surface area contributed by atoms with Crippen molar-refractivity contribution in [1.29, 1.82) is 0 Å². The molecule has 8 heteroatoms. The second-order valence-electron chi connectivity index (χ2n) is 8.68. The Morgan fingerprint density at radius 2 is 1.97 bits per heavy atom. The zero-order valence-corrected chi connectivity index (χ0v) is 18.7. The first-order valence-corrected chi connectivity index (χ1v) is 13.2. The molecule has 0 radical (unpaired) electrons. The van der Waals surface area contributed by atoms with Crippen molar-refractivity contribution < 1.29 is 18.0 Å². The SMILES string of the molecule is O=C1CC[C@H](/C=C(/C(=O)Nc2nccs2)c2ccc(S(=O)(=O)C3CC3)c(C3CC3)c2)C1. The summed E-state index contributed by atoms with van der Waals surface area (Å²) in [6.45, 7) is 0. The average Bonchev–Trinajstić information content (AvgIpc) is 3.67. The number of amides is 1. The van der Waals surface area contributed by atoms with Crippen molar-refractivity contribution in [2.24, 2.45) is 5.92 Å². The molecule has 5 rings (SSSR count). The number of allylic oxidation sites excluding steroid dienone is 1. The van der Waals surface area contributed by atoms with E-state index in [0.29, 0.717) is 34.0 Å². The second-order valence-corrected chi connectivity index (χ2v) is 11.8. The highest BCUT2D eigenvalue weighted by atomic mass is 32.2. The van der Waals surface area contributed by atoms with Crippen molar-refractivity contribution in [2.45, 2.75) is 61.0 Å². The van der Waals surface area contributed by atoms with Crippen LogP contribution in [0.15, 0.2) is 40.7 Å². The smallest absolute Gasteiger partial charge is 0.257 e. The first-order valence-electron chi connectivity index (χ1n) is 10.7. The summed E-state index contributed by atoms with van der Waals surface area (Å²) in [5.41, 5.74) is 2.01. The summed E-state index contributed by atoms with van der Waals surface area (Å²) in [6.07, 6.45) is 8.62. The first-order chi connectivity index (χ1) is 14.9. The number of carbonyl (C=O) groups excluding carboxylic acids is 2. The van der Waals surface area contributed by atoms with E-state index in [1.165, 1.54) is 11.3 Å². The van der Waals surface area contributed by atoms with Crippen molar-refractivity contribution in [1.82, 2.24) is 4.98 Å². The van der Waals surface area contributed by atoms with E-state index in [1.807, 2.05) is 12.1 Å². The van der Waals surface area contributed by atoms with E-state index in [4.69, 9.17) is 0 Å². The Labute approximate surface area is 185 Å². The van der Waals surface area contributed by atoms with Crippen LogP contribution in [0, 0.1) is 5.92 Å². The quantitative estimate of drug-likeness (QED) is 0.625. The highest BCUT2D eigenvalue weighted by Crippen LogP contribution is 2.46. The van der Waals surface area contributed by atoms with E-state index in [2.05, 4.69) is 10.3 Å². The van der Waals surface area contributed by atoms with Gasteiger partial charge in [-0.3, -0.25) is 14.9 Å². The molecule has 162 valence electrons. The van der Waals surface area contributed by atoms with Crippen LogP contribution >= 0.6 is 11.3 Å². The Morgan fingerprint density at radius 1 is 1.16 bits per heavy atom. The van der Waals surface area contributed by atoms with E-state index < -0.39 is 9.84 Å². The van der Waals surface area contributed by atoms with Gasteiger partial charge in [0, 0.05) is 30.0 Å². The summed E-state index contributed by atoms with van der Waals surface area (Å²) in [6, 6.07) is 5.31. The number of nitrogens with zero attached hydrogens (tertiary/aromatic N) is 1. The third-order valence-corrected chi connectivity index (χ3v) is 9.21. The minimum atomic E-state index is -3.31. The molecule has 1 N–H and O–H groups in total. The molecule has 0 unspecified atom stereocenters. The van der Waals surface area contributed by atoms with Gasteiger partial charge in [0.2, 0.25) is 0 Å². The van der Waals surface area contributed by atoms with Gasteiger partial charge in [-0.25, -0.2) is 13.4 Å². The summed E-state index contributed by atoms with van der Waals surface area (Å²) in [7, 11) is -3.31. The summed E-state index contributed by atoms with van der Waals surface area (Å²) in [5.74, 6) is 0.183. The minimum absolute atomic E-state index is 0.0174. The Balaban J connectivity index is 1.53. The number of nitrogens with one attached hydrogen (secondary N) is 1. The molecule has 0 spiro atoms. The fraction of sp³-hybridized carbons (Fsp3) is 0.435. The molecule has 0 saturated heterocycles. The Morgan fingerprint density at radius 3 is 2.58 bits per heavy atom. The van der Waals surface area contributed by atoms with E-state index in [9.17, 15) is 18.0 Å². The molecule has 0 bridgehead atoms. The Bertz CT molecular complexity index is 1160. The molecule has 1 atom stereocenters. The lowest BCUT2D eigenvalue weighted by molar-refractivity contribution is -0.117. The molecule has 0 aliphatic heterocycles. The maximum Gasteiger partial charge on any atom is 0.257 e. The molecule has 2 aromatic rings. The molecule has 1 aromatic heterocycles. The van der Waals surface area contributed by atoms with Crippen LogP contribution in [0.2, 0.25) is 0 Å². The number of ketones is 1. The topological polar surface area (TPSA) is 93.2 Å². The number of rotatable bonds is 7. The molecule has 3 saturated carbocycles. The molecule has 1 heterocycles. The van der Waals surface area contributed by atoms with E-state index in [1.54, 1.807) is 23.7 Å². The number of sulfone groups is 1. The lowest BCUT2D eigenvalue weighted by Gasteiger charge is -2.15. The van der Waals surface area contributed by atoms with Gasteiger partial charge in [0.1, 0.15) is 5.78 Å². The molecular formula is C23H24N2O4S2. The summed E-state index contributed by atoms with van der Waals surface area (Å²) < 4.78 is 25.9. The second kappa shape index (κ2) is 7.98. The third kappa shape index (κ3) is 4.36. The van der Waals surface area contributed by atoms with Gasteiger partial charge in [0.05, 0.1) is 10.1 Å². The molecule has 3 aliphatic carbocycles. The summed E-state index contributed by atoms with van der Waals surface area (Å²) >= 11 is 1.34. The number of aromatic nitrogens is 1. The number of hydrogen-bond acceptors (Lipinski definition) is 6. The van der Waals surface area contributed by atoms with E-state index >= 15 is 0 Å². The molecule has 1 aromatic carbocycles. The van der Waals surface area contributed by atoms with Gasteiger partial charge < -0.3 is 0 Å². The molecule has 3 fully saturated rings. The van der Waals surface area contributed by atoms with Crippen molar-refractivity contribution in [3.8, 4) is 0 Å². The zero-order valence-electron chi connectivity index (χ0n) is 17.0. The van der Waals surface area contributed by atoms with Gasteiger partial charge in [-0.1, -0.05) is 12.1 Å². The number of thiazole rings is 1. The van der Waals surface area contributed by atoms with Crippen molar-refractivity contribution in [3.63, 3.8) is 0 Å². The fourth-order valence-corrected chi connectivity index (χ4v) is 6.67. The first kappa shape index (κ1) is 20.6. The highest BCUT2D eigenvalue weighted by molar-refractivity contribution is 7.92. The van der Waals surface area contributed by atoms with Gasteiger partial charge in [0.25, 0.3) is 5.91 Å². The molecule has 31 heavy (non-hydrogen) atoms. The monoisotopic (exact) mass is 456 g/mol. The molecule has 3 aliphatic rings. The van der Waals surface area contributed by atoms with Crippen LogP contribution in [0.1, 0.15) is 62.0 Å². The molecule has 1 amide bonds. The highest BCUT2D eigenvalue weighted by Gasteiger charge is 2.40. The maximum absolute atomic E-state index is 13.2. The lowest BCUT2D eigenvalue weighted by Crippen LogP contribution is -2.15. The van der Waals surface area contributed by atoms with Crippen LogP contribution in [-0.2, 0) is 19.4 Å². The van der Waals surface area contributed by atoms with Crippen LogP contribution in [-0.4, -0.2) is 30.3 Å². The molecular weight excluding hydrogens is 432 g/mol. The fourth-order valence-electron chi connectivity index (χ4n) is 4.22. The predicted molar refractivity (Wildman–Crippen MR) is 120 cm³/mol. The average molecular weight is 457 g/mol. The normalized spacial score (nSPS) is 22.0. The van der Waals surface area contributed by atoms with Gasteiger partial charge in [-0.05, 0) is 67.2 Å². The van der Waals surface area contributed by atoms with Gasteiger partial charge >= 0.3 is 0 Å². The Kier molecular flexibility index (Phi) is 5.30. The van der Waals surface area contributed by atoms with Gasteiger partial charge in [-0.15, -0.1) is 11.3 Å². The number of benzene rings is 1. The summed E-state index contributed by atoms with van der Waals surface area (Å²) in [5, 5.41) is 4.88. The van der Waals surface area contributed by atoms with Crippen LogP contribution in [0.25, 0.3) is 5.57 Å². The molecule has 6 nitrogen and oxygen atoms in total.